The van der Waals surface area contributed by atoms with Crippen LogP contribution in [0.15, 0.2) is 36.7 Å². The van der Waals surface area contributed by atoms with Crippen LogP contribution in [-0.4, -0.2) is 46.8 Å². The van der Waals surface area contributed by atoms with Crippen LogP contribution in [0.3, 0.4) is 0 Å². The predicted molar refractivity (Wildman–Crippen MR) is 95.0 cm³/mol. The van der Waals surface area contributed by atoms with Gasteiger partial charge in [0.15, 0.2) is 0 Å². The monoisotopic (exact) mass is 345 g/mol. The zero-order chi connectivity index (χ0) is 17.6. The number of aromatic nitrogens is 2. The zero-order valence-electron chi connectivity index (χ0n) is 14.3. The Morgan fingerprint density at radius 1 is 1.32 bits per heavy atom. The topological polar surface area (TPSA) is 85.5 Å². The second kappa shape index (κ2) is 7.98. The Bertz CT molecular complexity index is 696. The van der Waals surface area contributed by atoms with Gasteiger partial charge in [-0.15, -0.1) is 0 Å². The van der Waals surface area contributed by atoms with Crippen molar-refractivity contribution in [1.29, 1.82) is 0 Å². The highest BCUT2D eigenvalue weighted by molar-refractivity contribution is 5.54. The maximum Gasteiger partial charge on any atom is 0.406 e. The highest BCUT2D eigenvalue weighted by Gasteiger charge is 2.28. The molecule has 8 nitrogen and oxygen atoms in total. The molecule has 8 heteroatoms. The first-order valence-corrected chi connectivity index (χ1v) is 8.47. The third kappa shape index (κ3) is 4.27. The molecule has 0 saturated carbocycles. The number of nitrogens with one attached hydrogen (secondary N) is 1. The largest absolute Gasteiger partial charge is 0.492 e. The van der Waals surface area contributed by atoms with Crippen LogP contribution in [-0.2, 0) is 7.05 Å². The predicted octanol–water partition coefficient (Wildman–Crippen LogP) is 1.97. The average molecular weight is 345 g/mol. The third-order valence-electron chi connectivity index (χ3n) is 4.40. The third-order valence-corrected chi connectivity index (χ3v) is 4.40. The number of para-hydroxylation sites is 1. The van der Waals surface area contributed by atoms with E-state index in [2.05, 4.69) is 10.3 Å². The average Bonchev–Trinajstić information content (AvgIpc) is 3.02. The van der Waals surface area contributed by atoms with Gasteiger partial charge in [0.2, 0.25) is 12.1 Å². The number of rotatable bonds is 7. The minimum absolute atomic E-state index is 0.0647. The van der Waals surface area contributed by atoms with Crippen molar-refractivity contribution in [3.63, 3.8) is 0 Å². The van der Waals surface area contributed by atoms with Crippen LogP contribution in [0.4, 0.5) is 11.6 Å². The molecule has 2 aromatic rings. The summed E-state index contributed by atoms with van der Waals surface area (Å²) >= 11 is 0. The number of hydrogen-bond donors (Lipinski definition) is 1. The maximum atomic E-state index is 11.1. The van der Waals surface area contributed by atoms with Gasteiger partial charge in [-0.2, -0.15) is 0 Å². The van der Waals surface area contributed by atoms with E-state index < -0.39 is 4.92 Å². The first-order valence-electron chi connectivity index (χ1n) is 8.47. The fourth-order valence-electron chi connectivity index (χ4n) is 3.15. The van der Waals surface area contributed by atoms with Crippen LogP contribution in [0.5, 0.6) is 5.75 Å². The van der Waals surface area contributed by atoms with E-state index in [0.29, 0.717) is 18.5 Å². The maximum absolute atomic E-state index is 11.1. The molecule has 134 valence electrons. The minimum Gasteiger partial charge on any atom is -0.492 e. The Balaban J connectivity index is 1.43. The number of hydrogen-bond acceptors (Lipinski definition) is 6. The van der Waals surface area contributed by atoms with Crippen LogP contribution in [0.25, 0.3) is 0 Å². The number of aryl methyl sites for hydroxylation is 1. The molecule has 0 atom stereocenters. The molecule has 1 aromatic heterocycles. The molecule has 0 bridgehead atoms. The molecule has 0 amide bonds. The lowest BCUT2D eigenvalue weighted by molar-refractivity contribution is -0.388. The first-order chi connectivity index (χ1) is 12.1. The van der Waals surface area contributed by atoms with Crippen molar-refractivity contribution in [3.8, 4) is 5.75 Å². The lowest BCUT2D eigenvalue weighted by atomic mass is 10.1. The van der Waals surface area contributed by atoms with Crippen LogP contribution >= 0.6 is 0 Å². The summed E-state index contributed by atoms with van der Waals surface area (Å²) in [4.78, 5) is 16.6. The number of benzene rings is 1. The van der Waals surface area contributed by atoms with Gasteiger partial charge in [0.05, 0.1) is 0 Å². The summed E-state index contributed by atoms with van der Waals surface area (Å²) in [6.45, 7) is 2.96. The molecular formula is C17H23N5O3. The SMILES string of the molecule is Cn1cnc([N+](=O)[O-])c1N1CCC(NCCOc2ccccc2)CC1. The van der Waals surface area contributed by atoms with E-state index in [4.69, 9.17) is 4.74 Å². The fourth-order valence-corrected chi connectivity index (χ4v) is 3.15. The second-order valence-electron chi connectivity index (χ2n) is 6.14. The molecule has 0 radical (unpaired) electrons. The number of anilines is 1. The number of nitrogens with zero attached hydrogens (tertiary/aromatic N) is 4. The number of piperidine rings is 1. The van der Waals surface area contributed by atoms with Crippen molar-refractivity contribution >= 4 is 11.6 Å². The zero-order valence-corrected chi connectivity index (χ0v) is 14.3. The van der Waals surface area contributed by atoms with Gasteiger partial charge in [0.25, 0.3) is 0 Å². The Labute approximate surface area is 146 Å². The van der Waals surface area contributed by atoms with Crippen LogP contribution in [0.1, 0.15) is 12.8 Å². The smallest absolute Gasteiger partial charge is 0.406 e. The molecule has 0 aliphatic carbocycles. The van der Waals surface area contributed by atoms with E-state index in [1.807, 2.05) is 35.2 Å². The molecular weight excluding hydrogens is 322 g/mol. The molecule has 1 aliphatic heterocycles. The highest BCUT2D eigenvalue weighted by atomic mass is 16.6. The Hall–Kier alpha value is -2.61. The minimum atomic E-state index is -0.416. The van der Waals surface area contributed by atoms with E-state index in [9.17, 15) is 10.1 Å². The molecule has 1 aliphatic rings. The van der Waals surface area contributed by atoms with Crippen molar-refractivity contribution < 1.29 is 9.66 Å². The van der Waals surface area contributed by atoms with Crippen molar-refractivity contribution in [2.24, 2.45) is 7.05 Å². The molecule has 1 saturated heterocycles. The van der Waals surface area contributed by atoms with Crippen molar-refractivity contribution in [1.82, 2.24) is 14.9 Å². The summed E-state index contributed by atoms with van der Waals surface area (Å²) in [7, 11) is 1.79. The normalized spacial score (nSPS) is 15.3. The fraction of sp³-hybridized carbons (Fsp3) is 0.471. The molecule has 0 unspecified atom stereocenters. The van der Waals surface area contributed by atoms with Crippen LogP contribution in [0.2, 0.25) is 0 Å². The first kappa shape index (κ1) is 17.2. The van der Waals surface area contributed by atoms with Crippen molar-refractivity contribution in [2.45, 2.75) is 18.9 Å². The van der Waals surface area contributed by atoms with Crippen molar-refractivity contribution in [2.75, 3.05) is 31.1 Å². The van der Waals surface area contributed by atoms with Gasteiger partial charge >= 0.3 is 5.82 Å². The van der Waals surface area contributed by atoms with Crippen molar-refractivity contribution in [3.05, 3.63) is 46.8 Å². The molecule has 3 rings (SSSR count). The summed E-state index contributed by atoms with van der Waals surface area (Å²) in [5, 5.41) is 14.6. The van der Waals surface area contributed by atoms with E-state index in [1.165, 1.54) is 6.33 Å². The molecule has 2 heterocycles. The standard InChI is InChI=1S/C17H23N5O3/c1-20-13-19-16(22(23)24)17(20)21-10-7-14(8-11-21)18-9-12-25-15-5-3-2-4-6-15/h2-6,13-14,18H,7-12H2,1H3. The molecule has 1 fully saturated rings. The lowest BCUT2D eigenvalue weighted by Crippen LogP contribution is -2.44. The van der Waals surface area contributed by atoms with Crippen LogP contribution in [0, 0.1) is 10.1 Å². The van der Waals surface area contributed by atoms with E-state index in [-0.39, 0.29) is 5.82 Å². The lowest BCUT2D eigenvalue weighted by Gasteiger charge is -2.33. The molecule has 1 N–H and O–H groups in total. The number of ether oxygens (including phenoxy) is 1. The Morgan fingerprint density at radius 2 is 2.04 bits per heavy atom. The van der Waals surface area contributed by atoms with Crippen LogP contribution < -0.4 is 15.0 Å². The Morgan fingerprint density at radius 3 is 2.72 bits per heavy atom. The number of nitro groups is 1. The second-order valence-corrected chi connectivity index (χ2v) is 6.14. The van der Waals surface area contributed by atoms with Gasteiger partial charge < -0.3 is 25.1 Å². The summed E-state index contributed by atoms with van der Waals surface area (Å²) < 4.78 is 7.40. The summed E-state index contributed by atoms with van der Waals surface area (Å²) in [6, 6.07) is 10.2. The van der Waals surface area contributed by atoms with E-state index in [0.717, 1.165) is 38.2 Å². The molecule has 25 heavy (non-hydrogen) atoms. The molecule has 0 spiro atoms. The number of imidazole rings is 1. The summed E-state index contributed by atoms with van der Waals surface area (Å²) in [5.74, 6) is 1.41. The van der Waals surface area contributed by atoms with E-state index in [1.54, 1.807) is 11.6 Å². The Kier molecular flexibility index (Phi) is 5.49. The van der Waals surface area contributed by atoms with Gasteiger partial charge in [0.1, 0.15) is 12.4 Å². The summed E-state index contributed by atoms with van der Waals surface area (Å²) in [6.07, 6.45) is 3.38. The van der Waals surface area contributed by atoms with Gasteiger partial charge in [-0.05, 0) is 34.9 Å². The molecule has 1 aromatic carbocycles. The van der Waals surface area contributed by atoms with Gasteiger partial charge in [-0.25, -0.2) is 0 Å². The quantitative estimate of drug-likeness (QED) is 0.469. The van der Waals surface area contributed by atoms with Gasteiger partial charge in [0, 0.05) is 32.7 Å². The van der Waals surface area contributed by atoms with E-state index >= 15 is 0 Å². The highest BCUT2D eigenvalue weighted by Crippen LogP contribution is 2.28. The van der Waals surface area contributed by atoms with Gasteiger partial charge in [-0.1, -0.05) is 18.2 Å². The summed E-state index contributed by atoms with van der Waals surface area (Å²) in [5.41, 5.74) is 0. The van der Waals surface area contributed by atoms with Gasteiger partial charge in [-0.3, -0.25) is 4.57 Å².